The van der Waals surface area contributed by atoms with E-state index in [0.717, 1.165) is 4.57 Å². The number of aryl methyl sites for hydroxylation is 1. The molecule has 3 rings (SSSR count). The molecule has 0 bridgehead atoms. The molecule has 2 aliphatic rings. The lowest BCUT2D eigenvalue weighted by Crippen LogP contribution is -2.34. The van der Waals surface area contributed by atoms with E-state index in [1.807, 2.05) is 0 Å². The van der Waals surface area contributed by atoms with Crippen molar-refractivity contribution in [1.29, 1.82) is 0 Å². The zero-order chi connectivity index (χ0) is 13.7. The lowest BCUT2D eigenvalue weighted by Gasteiger charge is -2.13. The van der Waals surface area contributed by atoms with Crippen LogP contribution >= 0.6 is 0 Å². The Balaban J connectivity index is 2.67. The first-order chi connectivity index (χ1) is 8.99. The summed E-state index contributed by atoms with van der Waals surface area (Å²) >= 11 is 0. The van der Waals surface area contributed by atoms with Crippen LogP contribution < -0.4 is 16.7 Å². The zero-order valence-corrected chi connectivity index (χ0v) is 10.3. The summed E-state index contributed by atoms with van der Waals surface area (Å²) in [7, 11) is 3.05. The number of rotatable bonds is 0. The highest BCUT2D eigenvalue weighted by molar-refractivity contribution is 5.75. The first kappa shape index (κ1) is 11.4. The average molecular weight is 258 g/mol. The van der Waals surface area contributed by atoms with E-state index in [4.69, 9.17) is 0 Å². The van der Waals surface area contributed by atoms with E-state index >= 15 is 0 Å². The second kappa shape index (κ2) is 3.64. The molecule has 7 nitrogen and oxygen atoms in total. The lowest BCUT2D eigenvalue weighted by atomic mass is 10.2. The number of hydrogen-bond donors (Lipinski definition) is 1. The molecule has 0 radical (unpaired) electrons. The highest BCUT2D eigenvalue weighted by Gasteiger charge is 2.14. The molecule has 96 valence electrons. The number of fused-ring (bicyclic) bond motifs is 2. The fourth-order valence-electron chi connectivity index (χ4n) is 2.05. The van der Waals surface area contributed by atoms with Crippen molar-refractivity contribution in [1.82, 2.24) is 19.1 Å². The normalized spacial score (nSPS) is 11.3. The van der Waals surface area contributed by atoms with Crippen molar-refractivity contribution >= 4 is 11.2 Å². The van der Waals surface area contributed by atoms with Crippen molar-refractivity contribution in [2.45, 2.75) is 0 Å². The van der Waals surface area contributed by atoms with Gasteiger partial charge in [-0.2, -0.15) is 0 Å². The molecule has 0 atom stereocenters. The minimum atomic E-state index is -0.521. The van der Waals surface area contributed by atoms with E-state index in [1.54, 1.807) is 17.7 Å². The zero-order valence-electron chi connectivity index (χ0n) is 10.3. The van der Waals surface area contributed by atoms with Gasteiger partial charge in [0.15, 0.2) is 10.9 Å². The topological polar surface area (TPSA) is 89.8 Å². The van der Waals surface area contributed by atoms with Gasteiger partial charge in [-0.1, -0.05) is 0 Å². The number of nitrogens with zero attached hydrogens (tertiary/aromatic N) is 3. The summed E-state index contributed by atoms with van der Waals surface area (Å²) < 4.78 is 2.55. The predicted octanol–water partition coefficient (Wildman–Crippen LogP) is -0.575. The van der Waals surface area contributed by atoms with Crippen LogP contribution in [-0.4, -0.2) is 19.1 Å². The molecule has 1 N–H and O–H groups in total. The van der Waals surface area contributed by atoms with Crippen molar-refractivity contribution in [3.05, 3.63) is 49.3 Å². The van der Waals surface area contributed by atoms with Crippen LogP contribution in [0.1, 0.15) is 0 Å². The van der Waals surface area contributed by atoms with Crippen LogP contribution in [0.4, 0.5) is 0 Å². The number of H-pyrrole nitrogens is 1. The van der Waals surface area contributed by atoms with Gasteiger partial charge in [-0.05, 0) is 12.1 Å². The van der Waals surface area contributed by atoms with Crippen LogP contribution in [-0.2, 0) is 14.1 Å². The summed E-state index contributed by atoms with van der Waals surface area (Å²) in [5, 5.41) is 0. The molecule has 1 aliphatic carbocycles. The van der Waals surface area contributed by atoms with Gasteiger partial charge in [0.25, 0.3) is 5.56 Å². The molecule has 0 amide bonds. The van der Waals surface area contributed by atoms with Crippen LogP contribution in [0.2, 0.25) is 0 Å². The van der Waals surface area contributed by atoms with E-state index in [1.165, 1.54) is 19.2 Å². The highest BCUT2D eigenvalue weighted by atomic mass is 16.2. The second-order valence-electron chi connectivity index (χ2n) is 4.31. The van der Waals surface area contributed by atoms with E-state index in [0.29, 0.717) is 17.0 Å². The van der Waals surface area contributed by atoms with Crippen molar-refractivity contribution in [3.8, 4) is 11.4 Å². The summed E-state index contributed by atoms with van der Waals surface area (Å²) in [6, 6.07) is 4.36. The quantitative estimate of drug-likeness (QED) is 0.546. The molecule has 1 aromatic heterocycles. The number of nitrogens with one attached hydrogen (secondary N) is 1. The maximum Gasteiger partial charge on any atom is 0.329 e. The van der Waals surface area contributed by atoms with Gasteiger partial charge in [0.2, 0.25) is 0 Å². The third kappa shape index (κ3) is 1.51. The number of hydrogen-bond acceptors (Lipinski definition) is 4. The molecule has 2 heterocycles. The van der Waals surface area contributed by atoms with Gasteiger partial charge in [-0.15, -0.1) is 0 Å². The Morgan fingerprint density at radius 3 is 2.58 bits per heavy atom. The summed E-state index contributed by atoms with van der Waals surface area (Å²) in [4.78, 5) is 41.8. The molecular weight excluding hydrogens is 248 g/mol. The molecule has 0 spiro atoms. The smallest absolute Gasteiger partial charge is 0.327 e. The largest absolute Gasteiger partial charge is 0.329 e. The Kier molecular flexibility index (Phi) is 2.19. The Bertz CT molecular complexity index is 948. The first-order valence-electron chi connectivity index (χ1n) is 5.59. The van der Waals surface area contributed by atoms with E-state index < -0.39 is 11.2 Å². The number of aromatic nitrogens is 4. The van der Waals surface area contributed by atoms with Crippen molar-refractivity contribution in [2.75, 3.05) is 0 Å². The molecule has 0 aromatic carbocycles. The Labute approximate surface area is 106 Å². The maximum absolute atomic E-state index is 12.0. The Hall–Kier alpha value is -2.70. The maximum atomic E-state index is 12.0. The van der Waals surface area contributed by atoms with Crippen LogP contribution in [0.5, 0.6) is 0 Å². The number of aromatic amines is 1. The third-order valence-corrected chi connectivity index (χ3v) is 3.14. The molecule has 0 saturated carbocycles. The van der Waals surface area contributed by atoms with Crippen LogP contribution in [0.15, 0.2) is 32.6 Å². The van der Waals surface area contributed by atoms with Crippen molar-refractivity contribution in [3.63, 3.8) is 0 Å². The molecule has 0 unspecified atom stereocenters. The van der Waals surface area contributed by atoms with Gasteiger partial charge < -0.3 is 4.57 Å². The predicted molar refractivity (Wildman–Crippen MR) is 69.5 cm³/mol. The summed E-state index contributed by atoms with van der Waals surface area (Å²) in [5.74, 6) is 0. The Morgan fingerprint density at radius 1 is 1.11 bits per heavy atom. The fraction of sp³-hybridized carbons (Fsp3) is 0.167. The first-order valence-corrected chi connectivity index (χ1v) is 5.59. The second-order valence-corrected chi connectivity index (χ2v) is 4.31. The average Bonchev–Trinajstić information content (AvgIpc) is 2.39. The minimum absolute atomic E-state index is 0.157. The summed E-state index contributed by atoms with van der Waals surface area (Å²) in [6.07, 6.45) is 0. The van der Waals surface area contributed by atoms with Crippen LogP contribution in [0.3, 0.4) is 0 Å². The standard InChI is InChI=1S/C12H10N4O3/c1-15-8-5-6(17)3-4-7(8)13-9-10(15)14-12(19)16(2)11(9)18/h3-5H,1-2H3,(H,14,19). The van der Waals surface area contributed by atoms with Gasteiger partial charge in [-0.25, -0.2) is 9.78 Å². The molecule has 7 heteroatoms. The van der Waals surface area contributed by atoms with Gasteiger partial charge in [0, 0.05) is 20.2 Å². The SMILES string of the molecule is Cn1c(=O)[nH]c2c(nc3ccc(=O)cc-3n2C)c1=O. The monoisotopic (exact) mass is 258 g/mol. The lowest BCUT2D eigenvalue weighted by molar-refractivity contribution is 0.774. The van der Waals surface area contributed by atoms with Crippen molar-refractivity contribution in [2.24, 2.45) is 14.1 Å². The van der Waals surface area contributed by atoms with Crippen molar-refractivity contribution < 1.29 is 0 Å². The molecule has 1 aliphatic heterocycles. The number of benzene rings is 1. The fourth-order valence-corrected chi connectivity index (χ4v) is 2.05. The van der Waals surface area contributed by atoms with E-state index in [-0.39, 0.29) is 10.9 Å². The molecule has 0 fully saturated rings. The van der Waals surface area contributed by atoms with Gasteiger partial charge in [-0.3, -0.25) is 19.1 Å². The van der Waals surface area contributed by atoms with Gasteiger partial charge >= 0.3 is 5.69 Å². The molecule has 0 saturated heterocycles. The minimum Gasteiger partial charge on any atom is -0.327 e. The Morgan fingerprint density at radius 2 is 1.84 bits per heavy atom. The summed E-state index contributed by atoms with van der Waals surface area (Å²) in [6.45, 7) is 0. The van der Waals surface area contributed by atoms with E-state index in [2.05, 4.69) is 9.97 Å². The highest BCUT2D eigenvalue weighted by Crippen LogP contribution is 2.18. The molecule has 19 heavy (non-hydrogen) atoms. The molecular formula is C12H10N4O3. The molecule has 1 aromatic rings. The van der Waals surface area contributed by atoms with Gasteiger partial charge in [0.1, 0.15) is 5.65 Å². The van der Waals surface area contributed by atoms with Crippen LogP contribution in [0, 0.1) is 0 Å². The third-order valence-electron chi connectivity index (χ3n) is 3.14. The van der Waals surface area contributed by atoms with Gasteiger partial charge in [0.05, 0.1) is 11.4 Å². The van der Waals surface area contributed by atoms with E-state index in [9.17, 15) is 14.4 Å². The summed E-state index contributed by atoms with van der Waals surface area (Å²) in [5.41, 5.74) is 0.398. The van der Waals surface area contributed by atoms with Crippen LogP contribution in [0.25, 0.3) is 22.6 Å².